The molecule has 1 fully saturated rings. The van der Waals surface area contributed by atoms with Crippen LogP contribution in [0.2, 0.25) is 0 Å². The van der Waals surface area contributed by atoms with E-state index in [4.69, 9.17) is 0 Å². The molecule has 0 aromatic rings. The predicted molar refractivity (Wildman–Crippen MR) is 68.5 cm³/mol. The van der Waals surface area contributed by atoms with Crippen molar-refractivity contribution in [3.63, 3.8) is 0 Å². The van der Waals surface area contributed by atoms with Gasteiger partial charge in [0.2, 0.25) is 5.92 Å². The van der Waals surface area contributed by atoms with Gasteiger partial charge in [-0.05, 0) is 44.2 Å². The van der Waals surface area contributed by atoms with Gasteiger partial charge in [0.1, 0.15) is 0 Å². The molecule has 1 rings (SSSR count). The summed E-state index contributed by atoms with van der Waals surface area (Å²) in [6.07, 6.45) is 5.23. The Morgan fingerprint density at radius 2 is 2.12 bits per heavy atom. The summed E-state index contributed by atoms with van der Waals surface area (Å²) in [6.45, 7) is 6.24. The quantitative estimate of drug-likeness (QED) is 0.710. The van der Waals surface area contributed by atoms with Crippen LogP contribution in [0.1, 0.15) is 58.8 Å². The molecule has 0 saturated heterocycles. The Hall–Kier alpha value is -0.180. The van der Waals surface area contributed by atoms with Crippen molar-refractivity contribution in [1.29, 1.82) is 0 Å². The van der Waals surface area contributed by atoms with Crippen LogP contribution >= 0.6 is 0 Å². The highest BCUT2D eigenvalue weighted by molar-refractivity contribution is 4.80. The molecule has 3 heteroatoms. The zero-order chi connectivity index (χ0) is 12.7. The lowest BCUT2D eigenvalue weighted by Crippen LogP contribution is -2.30. The zero-order valence-corrected chi connectivity index (χ0v) is 11.3. The minimum Gasteiger partial charge on any atom is -0.317 e. The van der Waals surface area contributed by atoms with E-state index in [-0.39, 0.29) is 18.8 Å². The Morgan fingerprint density at radius 1 is 1.35 bits per heavy atom. The third-order valence-electron chi connectivity index (χ3n) is 3.79. The molecule has 1 N–H and O–H groups in total. The molecule has 0 aliphatic heterocycles. The standard InChI is InChI=1S/C14H27F2N/c1-3-6-13(11-17-4-2)9-12-7-5-8-14(15,16)10-12/h12-13,17H,3-11H2,1-2H3. The Kier molecular flexibility index (Phi) is 6.39. The summed E-state index contributed by atoms with van der Waals surface area (Å²) < 4.78 is 26.7. The minimum atomic E-state index is -2.39. The Bertz CT molecular complexity index is 206. The largest absolute Gasteiger partial charge is 0.317 e. The normalized spacial score (nSPS) is 25.8. The van der Waals surface area contributed by atoms with E-state index in [2.05, 4.69) is 19.2 Å². The topological polar surface area (TPSA) is 12.0 Å². The maximum atomic E-state index is 13.3. The van der Waals surface area contributed by atoms with Crippen molar-refractivity contribution in [1.82, 2.24) is 5.32 Å². The molecule has 0 bridgehead atoms. The molecule has 0 aromatic carbocycles. The van der Waals surface area contributed by atoms with Crippen molar-refractivity contribution >= 4 is 0 Å². The molecule has 102 valence electrons. The summed E-state index contributed by atoms with van der Waals surface area (Å²) in [5.41, 5.74) is 0. The average molecular weight is 247 g/mol. The van der Waals surface area contributed by atoms with Gasteiger partial charge in [-0.3, -0.25) is 0 Å². The number of halogens is 2. The first-order chi connectivity index (χ1) is 8.07. The molecule has 1 aliphatic rings. The first-order valence-electron chi connectivity index (χ1n) is 7.16. The zero-order valence-electron chi connectivity index (χ0n) is 11.3. The molecule has 0 radical (unpaired) electrons. The van der Waals surface area contributed by atoms with E-state index >= 15 is 0 Å². The van der Waals surface area contributed by atoms with Gasteiger partial charge in [0.05, 0.1) is 0 Å². The number of hydrogen-bond donors (Lipinski definition) is 1. The van der Waals surface area contributed by atoms with Crippen LogP contribution in [0.25, 0.3) is 0 Å². The first-order valence-corrected chi connectivity index (χ1v) is 7.16. The van der Waals surface area contributed by atoms with Gasteiger partial charge in [0, 0.05) is 12.8 Å². The fraction of sp³-hybridized carbons (Fsp3) is 1.00. The Morgan fingerprint density at radius 3 is 2.71 bits per heavy atom. The van der Waals surface area contributed by atoms with Gasteiger partial charge < -0.3 is 5.32 Å². The lowest BCUT2D eigenvalue weighted by atomic mass is 9.80. The highest BCUT2D eigenvalue weighted by Gasteiger charge is 2.36. The van der Waals surface area contributed by atoms with Crippen molar-refractivity contribution in [2.24, 2.45) is 11.8 Å². The summed E-state index contributed by atoms with van der Waals surface area (Å²) >= 11 is 0. The van der Waals surface area contributed by atoms with Crippen LogP contribution in [-0.4, -0.2) is 19.0 Å². The second-order valence-electron chi connectivity index (χ2n) is 5.52. The monoisotopic (exact) mass is 247 g/mol. The van der Waals surface area contributed by atoms with E-state index in [0.717, 1.165) is 38.8 Å². The van der Waals surface area contributed by atoms with Crippen molar-refractivity contribution < 1.29 is 8.78 Å². The van der Waals surface area contributed by atoms with E-state index in [1.165, 1.54) is 0 Å². The van der Waals surface area contributed by atoms with Gasteiger partial charge in [-0.1, -0.05) is 26.7 Å². The fourth-order valence-corrected chi connectivity index (χ4v) is 3.01. The molecule has 17 heavy (non-hydrogen) atoms. The first kappa shape index (κ1) is 14.9. The van der Waals surface area contributed by atoms with E-state index in [1.807, 2.05) is 0 Å². The maximum absolute atomic E-state index is 13.3. The van der Waals surface area contributed by atoms with Crippen LogP contribution in [0.4, 0.5) is 8.78 Å². The molecule has 0 heterocycles. The highest BCUT2D eigenvalue weighted by Crippen LogP contribution is 2.39. The predicted octanol–water partition coefficient (Wildman–Crippen LogP) is 4.23. The van der Waals surface area contributed by atoms with Crippen LogP contribution in [0.15, 0.2) is 0 Å². The smallest absolute Gasteiger partial charge is 0.248 e. The van der Waals surface area contributed by atoms with Crippen molar-refractivity contribution in [2.45, 2.75) is 64.7 Å². The Balaban J connectivity index is 2.37. The second-order valence-corrected chi connectivity index (χ2v) is 5.52. The van der Waals surface area contributed by atoms with Crippen molar-refractivity contribution in [3.8, 4) is 0 Å². The summed E-state index contributed by atoms with van der Waals surface area (Å²) in [5.74, 6) is -1.56. The van der Waals surface area contributed by atoms with Crippen molar-refractivity contribution in [2.75, 3.05) is 13.1 Å². The molecule has 0 spiro atoms. The van der Waals surface area contributed by atoms with Gasteiger partial charge in [-0.2, -0.15) is 0 Å². The molecule has 2 unspecified atom stereocenters. The number of rotatable bonds is 7. The summed E-state index contributed by atoms with van der Waals surface area (Å²) in [6, 6.07) is 0. The fourth-order valence-electron chi connectivity index (χ4n) is 3.01. The van der Waals surface area contributed by atoms with Gasteiger partial charge >= 0.3 is 0 Å². The van der Waals surface area contributed by atoms with Crippen LogP contribution in [-0.2, 0) is 0 Å². The molecular formula is C14H27F2N. The van der Waals surface area contributed by atoms with Gasteiger partial charge in [-0.25, -0.2) is 8.78 Å². The van der Waals surface area contributed by atoms with E-state index in [0.29, 0.717) is 12.3 Å². The van der Waals surface area contributed by atoms with E-state index in [9.17, 15) is 8.78 Å². The van der Waals surface area contributed by atoms with E-state index in [1.54, 1.807) is 0 Å². The lowest BCUT2D eigenvalue weighted by molar-refractivity contribution is -0.0558. The number of hydrogen-bond acceptors (Lipinski definition) is 1. The molecule has 1 nitrogen and oxygen atoms in total. The molecule has 2 atom stereocenters. The summed E-state index contributed by atoms with van der Waals surface area (Å²) in [4.78, 5) is 0. The van der Waals surface area contributed by atoms with E-state index < -0.39 is 5.92 Å². The highest BCUT2D eigenvalue weighted by atomic mass is 19.3. The van der Waals surface area contributed by atoms with Gasteiger partial charge in [0.15, 0.2) is 0 Å². The molecule has 1 aliphatic carbocycles. The van der Waals surface area contributed by atoms with Crippen molar-refractivity contribution in [3.05, 3.63) is 0 Å². The second kappa shape index (κ2) is 7.30. The summed E-state index contributed by atoms with van der Waals surface area (Å²) in [7, 11) is 0. The van der Waals surface area contributed by atoms with Crippen LogP contribution in [0.5, 0.6) is 0 Å². The molecular weight excluding hydrogens is 220 g/mol. The third kappa shape index (κ3) is 5.80. The Labute approximate surface area is 104 Å². The van der Waals surface area contributed by atoms with Gasteiger partial charge in [-0.15, -0.1) is 0 Å². The average Bonchev–Trinajstić information content (AvgIpc) is 2.25. The molecule has 0 amide bonds. The van der Waals surface area contributed by atoms with Gasteiger partial charge in [0.25, 0.3) is 0 Å². The summed E-state index contributed by atoms with van der Waals surface area (Å²) in [5, 5.41) is 3.36. The van der Waals surface area contributed by atoms with Crippen LogP contribution < -0.4 is 5.32 Å². The molecule has 0 aromatic heterocycles. The minimum absolute atomic E-state index is 0.106. The lowest BCUT2D eigenvalue weighted by Gasteiger charge is -2.31. The molecule has 1 saturated carbocycles. The SMILES string of the molecule is CCCC(CNCC)CC1CCCC(F)(F)C1. The van der Waals surface area contributed by atoms with Crippen LogP contribution in [0, 0.1) is 11.8 Å². The maximum Gasteiger partial charge on any atom is 0.248 e. The number of nitrogens with one attached hydrogen (secondary N) is 1. The number of alkyl halides is 2. The third-order valence-corrected chi connectivity index (χ3v) is 3.79. The van der Waals surface area contributed by atoms with Crippen LogP contribution in [0.3, 0.4) is 0 Å².